The molecule has 0 aliphatic heterocycles. The van der Waals surface area contributed by atoms with Crippen molar-refractivity contribution in [3.8, 4) is 0 Å². The molecule has 0 bridgehead atoms. The molecule has 0 radical (unpaired) electrons. The second-order valence-corrected chi connectivity index (χ2v) is 5.78. The summed E-state index contributed by atoms with van der Waals surface area (Å²) in [6, 6.07) is 0. The predicted molar refractivity (Wildman–Crippen MR) is 64.1 cm³/mol. The fourth-order valence-corrected chi connectivity index (χ4v) is 3.61. The Morgan fingerprint density at radius 1 is 1.12 bits per heavy atom. The van der Waals surface area contributed by atoms with E-state index in [-0.39, 0.29) is 5.97 Å². The Morgan fingerprint density at radius 3 is 2.31 bits per heavy atom. The number of hydrogen-bond acceptors (Lipinski definition) is 2. The van der Waals surface area contributed by atoms with Crippen molar-refractivity contribution in [3.63, 3.8) is 0 Å². The van der Waals surface area contributed by atoms with E-state index in [9.17, 15) is 4.79 Å². The molecule has 0 heterocycles. The molecule has 92 valence electrons. The highest BCUT2D eigenvalue weighted by molar-refractivity contribution is 5.69. The first-order valence-electron chi connectivity index (χ1n) is 6.81. The van der Waals surface area contributed by atoms with Crippen molar-refractivity contribution in [3.05, 3.63) is 0 Å². The van der Waals surface area contributed by atoms with Crippen LogP contribution in [0.3, 0.4) is 0 Å². The van der Waals surface area contributed by atoms with E-state index in [2.05, 4.69) is 0 Å². The average molecular weight is 224 g/mol. The van der Waals surface area contributed by atoms with E-state index in [0.717, 1.165) is 0 Å². The Morgan fingerprint density at radius 2 is 1.75 bits per heavy atom. The van der Waals surface area contributed by atoms with E-state index >= 15 is 0 Å². The normalized spacial score (nSPS) is 25.6. The van der Waals surface area contributed by atoms with E-state index in [0.29, 0.717) is 17.8 Å². The van der Waals surface area contributed by atoms with Crippen LogP contribution in [0.2, 0.25) is 0 Å². The van der Waals surface area contributed by atoms with Crippen LogP contribution >= 0.6 is 0 Å². The molecule has 0 N–H and O–H groups in total. The molecular weight excluding hydrogens is 200 g/mol. The Bertz CT molecular complexity index is 231. The quantitative estimate of drug-likeness (QED) is 0.669. The molecule has 2 nitrogen and oxygen atoms in total. The lowest BCUT2D eigenvalue weighted by atomic mass is 9.63. The molecule has 0 aromatic rings. The molecule has 2 saturated carbocycles. The minimum atomic E-state index is -0.0235. The molecule has 0 aromatic carbocycles. The molecule has 2 heteroatoms. The Labute approximate surface area is 98.7 Å². The number of methoxy groups -OCH3 is 1. The zero-order chi connectivity index (χ0) is 11.4. The van der Waals surface area contributed by atoms with Gasteiger partial charge in [0.2, 0.25) is 0 Å². The zero-order valence-corrected chi connectivity index (χ0v) is 10.5. The number of carbonyl (C=O) groups excluding carboxylic acids is 1. The molecule has 2 rings (SSSR count). The molecule has 2 aliphatic rings. The number of carbonyl (C=O) groups is 1. The predicted octanol–water partition coefficient (Wildman–Crippen LogP) is 3.69. The maximum atomic E-state index is 11.2. The number of esters is 1. The third-order valence-electron chi connectivity index (χ3n) is 4.76. The van der Waals surface area contributed by atoms with Crippen LogP contribution in [0.4, 0.5) is 0 Å². The highest BCUT2D eigenvalue weighted by Gasteiger charge is 2.36. The van der Waals surface area contributed by atoms with Crippen molar-refractivity contribution < 1.29 is 9.53 Å². The van der Waals surface area contributed by atoms with Gasteiger partial charge in [-0.15, -0.1) is 0 Å². The Hall–Kier alpha value is -0.530. The van der Waals surface area contributed by atoms with Crippen molar-refractivity contribution in [1.82, 2.24) is 0 Å². The summed E-state index contributed by atoms with van der Waals surface area (Å²) in [5.74, 6) is 0.574. The standard InChI is InChI=1S/C14H24O2/c1-16-13(15)11-12-5-9-14(10-6-12)7-3-2-4-8-14/h12H,2-11H2,1H3. The third-order valence-corrected chi connectivity index (χ3v) is 4.76. The minimum absolute atomic E-state index is 0.0235. The smallest absolute Gasteiger partial charge is 0.305 e. The van der Waals surface area contributed by atoms with Gasteiger partial charge in [0, 0.05) is 6.42 Å². The second kappa shape index (κ2) is 5.20. The van der Waals surface area contributed by atoms with E-state index in [1.807, 2.05) is 0 Å². The van der Waals surface area contributed by atoms with E-state index in [1.54, 1.807) is 0 Å². The van der Waals surface area contributed by atoms with Gasteiger partial charge < -0.3 is 4.74 Å². The first-order valence-corrected chi connectivity index (χ1v) is 6.81. The number of rotatable bonds is 2. The first kappa shape index (κ1) is 11.9. The summed E-state index contributed by atoms with van der Waals surface area (Å²) < 4.78 is 4.75. The Balaban J connectivity index is 1.79. The van der Waals surface area contributed by atoms with Crippen molar-refractivity contribution in [2.75, 3.05) is 7.11 Å². The molecular formula is C14H24O2. The van der Waals surface area contributed by atoms with Gasteiger partial charge >= 0.3 is 5.97 Å². The van der Waals surface area contributed by atoms with Gasteiger partial charge in [0.1, 0.15) is 0 Å². The summed E-state index contributed by atoms with van der Waals surface area (Å²) in [6.45, 7) is 0. The van der Waals surface area contributed by atoms with Crippen LogP contribution in [0.1, 0.15) is 64.2 Å². The molecule has 0 saturated heterocycles. The van der Waals surface area contributed by atoms with Gasteiger partial charge in [-0.2, -0.15) is 0 Å². The average Bonchev–Trinajstić information content (AvgIpc) is 2.33. The van der Waals surface area contributed by atoms with E-state index < -0.39 is 0 Å². The lowest BCUT2D eigenvalue weighted by Crippen LogP contribution is -2.30. The Kier molecular flexibility index (Phi) is 3.88. The van der Waals surface area contributed by atoms with Crippen LogP contribution in [0, 0.1) is 11.3 Å². The van der Waals surface area contributed by atoms with Crippen molar-refractivity contribution >= 4 is 5.97 Å². The molecule has 0 atom stereocenters. The van der Waals surface area contributed by atoms with Gasteiger partial charge in [0.05, 0.1) is 7.11 Å². The van der Waals surface area contributed by atoms with Gasteiger partial charge in [-0.25, -0.2) is 0 Å². The molecule has 0 aromatic heterocycles. The SMILES string of the molecule is COC(=O)CC1CCC2(CCCCC2)CC1. The lowest BCUT2D eigenvalue weighted by Gasteiger charge is -2.42. The van der Waals surface area contributed by atoms with Crippen LogP contribution in [0.5, 0.6) is 0 Å². The third kappa shape index (κ3) is 2.78. The summed E-state index contributed by atoms with van der Waals surface area (Å²) in [7, 11) is 1.49. The number of ether oxygens (including phenoxy) is 1. The first-order chi connectivity index (χ1) is 7.74. The van der Waals surface area contributed by atoms with Crippen LogP contribution in [0.15, 0.2) is 0 Å². The van der Waals surface area contributed by atoms with Gasteiger partial charge in [-0.1, -0.05) is 19.3 Å². The van der Waals surface area contributed by atoms with Crippen molar-refractivity contribution in [1.29, 1.82) is 0 Å². The number of hydrogen-bond donors (Lipinski definition) is 0. The van der Waals surface area contributed by atoms with E-state index in [4.69, 9.17) is 4.74 Å². The monoisotopic (exact) mass is 224 g/mol. The summed E-state index contributed by atoms with van der Waals surface area (Å²) in [5, 5.41) is 0. The van der Waals surface area contributed by atoms with E-state index in [1.165, 1.54) is 64.9 Å². The molecule has 2 aliphatic carbocycles. The highest BCUT2D eigenvalue weighted by Crippen LogP contribution is 2.49. The fraction of sp³-hybridized carbons (Fsp3) is 0.929. The topological polar surface area (TPSA) is 26.3 Å². The van der Waals surface area contributed by atoms with Gasteiger partial charge in [-0.05, 0) is 49.9 Å². The van der Waals surface area contributed by atoms with Crippen molar-refractivity contribution in [2.45, 2.75) is 64.2 Å². The van der Waals surface area contributed by atoms with Gasteiger partial charge in [0.25, 0.3) is 0 Å². The maximum Gasteiger partial charge on any atom is 0.305 e. The van der Waals surface area contributed by atoms with Crippen LogP contribution in [0.25, 0.3) is 0 Å². The van der Waals surface area contributed by atoms with Crippen LogP contribution in [-0.4, -0.2) is 13.1 Å². The van der Waals surface area contributed by atoms with Gasteiger partial charge in [0.15, 0.2) is 0 Å². The molecule has 16 heavy (non-hydrogen) atoms. The molecule has 0 unspecified atom stereocenters. The summed E-state index contributed by atoms with van der Waals surface area (Å²) >= 11 is 0. The molecule has 2 fully saturated rings. The largest absolute Gasteiger partial charge is 0.469 e. The molecule has 0 amide bonds. The summed E-state index contributed by atoms with van der Waals surface area (Å²) in [5.41, 5.74) is 0.671. The maximum absolute atomic E-state index is 11.2. The van der Waals surface area contributed by atoms with Crippen LogP contribution in [-0.2, 0) is 9.53 Å². The summed E-state index contributed by atoms with van der Waals surface area (Å²) in [6.07, 6.45) is 13.0. The van der Waals surface area contributed by atoms with Crippen molar-refractivity contribution in [2.24, 2.45) is 11.3 Å². The lowest BCUT2D eigenvalue weighted by molar-refractivity contribution is -0.142. The summed E-state index contributed by atoms with van der Waals surface area (Å²) in [4.78, 5) is 11.2. The zero-order valence-electron chi connectivity index (χ0n) is 10.5. The molecule has 1 spiro atoms. The van der Waals surface area contributed by atoms with Gasteiger partial charge in [-0.3, -0.25) is 4.79 Å². The second-order valence-electron chi connectivity index (χ2n) is 5.78. The fourth-order valence-electron chi connectivity index (χ4n) is 3.61. The minimum Gasteiger partial charge on any atom is -0.469 e. The van der Waals surface area contributed by atoms with Crippen LogP contribution < -0.4 is 0 Å². The highest BCUT2D eigenvalue weighted by atomic mass is 16.5.